The van der Waals surface area contributed by atoms with Gasteiger partial charge in [0.05, 0.1) is 4.34 Å². The summed E-state index contributed by atoms with van der Waals surface area (Å²) in [6, 6.07) is 2.45. The molecule has 3 heteroatoms. The number of hydrogen-bond donors (Lipinski definition) is 1. The van der Waals surface area contributed by atoms with Crippen LogP contribution in [-0.4, -0.2) is 0 Å². The molecule has 4 saturated carbocycles. The molecule has 4 aliphatic carbocycles. The standard InChI is InChI=1S/C16H22ClNS/c1-9-2-13(19-15(9)17)14(18)16-6-10-3-11(7-16)5-12(4-10)8-16/h2,10-12,14H,3-8,18H2,1H3. The number of hydrogen-bond acceptors (Lipinski definition) is 2. The van der Waals surface area contributed by atoms with Crippen LogP contribution in [0.15, 0.2) is 6.07 Å². The second-order valence-corrected chi connectivity index (χ2v) is 9.05. The van der Waals surface area contributed by atoms with Gasteiger partial charge in [0.2, 0.25) is 0 Å². The number of rotatable bonds is 2. The van der Waals surface area contributed by atoms with Crippen molar-refractivity contribution in [2.24, 2.45) is 28.9 Å². The topological polar surface area (TPSA) is 26.0 Å². The van der Waals surface area contributed by atoms with Crippen molar-refractivity contribution >= 4 is 22.9 Å². The van der Waals surface area contributed by atoms with E-state index in [4.69, 9.17) is 17.3 Å². The number of halogens is 1. The number of aryl methyl sites for hydroxylation is 1. The largest absolute Gasteiger partial charge is 0.323 e. The van der Waals surface area contributed by atoms with Gasteiger partial charge in [-0.3, -0.25) is 0 Å². The molecule has 0 amide bonds. The highest BCUT2D eigenvalue weighted by atomic mass is 35.5. The second kappa shape index (κ2) is 4.22. The van der Waals surface area contributed by atoms with Crippen LogP contribution >= 0.6 is 22.9 Å². The summed E-state index contributed by atoms with van der Waals surface area (Å²) < 4.78 is 0.926. The predicted molar refractivity (Wildman–Crippen MR) is 81.6 cm³/mol. The molecule has 4 aliphatic rings. The second-order valence-electron chi connectivity index (χ2n) is 7.36. The first-order valence-electron chi connectivity index (χ1n) is 7.57. The maximum Gasteiger partial charge on any atom is 0.0960 e. The summed E-state index contributed by atoms with van der Waals surface area (Å²) in [5, 5.41) is 0. The van der Waals surface area contributed by atoms with Crippen LogP contribution in [-0.2, 0) is 0 Å². The van der Waals surface area contributed by atoms with Crippen LogP contribution in [0.2, 0.25) is 4.34 Å². The van der Waals surface area contributed by atoms with Crippen LogP contribution in [0.3, 0.4) is 0 Å². The highest BCUT2D eigenvalue weighted by Crippen LogP contribution is 2.63. The van der Waals surface area contributed by atoms with Gasteiger partial charge in [0.25, 0.3) is 0 Å². The highest BCUT2D eigenvalue weighted by molar-refractivity contribution is 7.16. The maximum atomic E-state index is 6.73. The Labute approximate surface area is 124 Å². The molecular formula is C16H22ClNS. The van der Waals surface area contributed by atoms with Gasteiger partial charge in [-0.15, -0.1) is 11.3 Å². The van der Waals surface area contributed by atoms with Gasteiger partial charge in [0.1, 0.15) is 0 Å². The fourth-order valence-electron chi connectivity index (χ4n) is 5.50. The Morgan fingerprint density at radius 1 is 1.21 bits per heavy atom. The van der Waals surface area contributed by atoms with E-state index in [0.717, 1.165) is 22.1 Å². The molecule has 1 aromatic heterocycles. The van der Waals surface area contributed by atoms with Crippen molar-refractivity contribution in [3.8, 4) is 0 Å². The smallest absolute Gasteiger partial charge is 0.0960 e. The van der Waals surface area contributed by atoms with Crippen molar-refractivity contribution < 1.29 is 0 Å². The minimum absolute atomic E-state index is 0.220. The summed E-state index contributed by atoms with van der Waals surface area (Å²) in [6.07, 6.45) is 8.56. The van der Waals surface area contributed by atoms with Crippen LogP contribution in [0, 0.1) is 30.1 Å². The van der Waals surface area contributed by atoms with Crippen LogP contribution in [0.1, 0.15) is 55.0 Å². The Morgan fingerprint density at radius 2 is 1.74 bits per heavy atom. The third-order valence-corrected chi connectivity index (χ3v) is 7.57. The first kappa shape index (κ1) is 12.7. The fourth-order valence-corrected chi connectivity index (χ4v) is 6.86. The van der Waals surface area contributed by atoms with Gasteiger partial charge < -0.3 is 5.73 Å². The van der Waals surface area contributed by atoms with Crippen molar-refractivity contribution in [3.63, 3.8) is 0 Å². The Kier molecular flexibility index (Phi) is 2.82. The van der Waals surface area contributed by atoms with E-state index in [0.29, 0.717) is 5.41 Å². The summed E-state index contributed by atoms with van der Waals surface area (Å²) in [7, 11) is 0. The zero-order valence-electron chi connectivity index (χ0n) is 11.5. The zero-order chi connectivity index (χ0) is 13.2. The summed E-state index contributed by atoms with van der Waals surface area (Å²) >= 11 is 7.96. The first-order chi connectivity index (χ1) is 9.06. The quantitative estimate of drug-likeness (QED) is 0.823. The average Bonchev–Trinajstić information content (AvgIpc) is 2.67. The van der Waals surface area contributed by atoms with E-state index < -0.39 is 0 Å². The molecule has 0 aromatic carbocycles. The molecule has 1 heterocycles. The average molecular weight is 296 g/mol. The van der Waals surface area contributed by atoms with Gasteiger partial charge >= 0.3 is 0 Å². The molecule has 1 unspecified atom stereocenters. The lowest BCUT2D eigenvalue weighted by atomic mass is 9.47. The molecule has 2 N–H and O–H groups in total. The third-order valence-electron chi connectivity index (χ3n) is 5.93. The minimum atomic E-state index is 0.220. The van der Waals surface area contributed by atoms with Crippen LogP contribution in [0.5, 0.6) is 0 Å². The van der Waals surface area contributed by atoms with Gasteiger partial charge in [0.15, 0.2) is 0 Å². The molecule has 0 aliphatic heterocycles. The van der Waals surface area contributed by atoms with E-state index in [-0.39, 0.29) is 6.04 Å². The van der Waals surface area contributed by atoms with E-state index in [1.54, 1.807) is 11.3 Å². The summed E-state index contributed by atoms with van der Waals surface area (Å²) in [4.78, 5) is 1.32. The molecule has 0 saturated heterocycles. The molecule has 1 nitrogen and oxygen atoms in total. The van der Waals surface area contributed by atoms with Crippen molar-refractivity contribution in [1.82, 2.24) is 0 Å². The van der Waals surface area contributed by atoms with E-state index in [2.05, 4.69) is 13.0 Å². The van der Waals surface area contributed by atoms with Gasteiger partial charge in [-0.25, -0.2) is 0 Å². The minimum Gasteiger partial charge on any atom is -0.323 e. The molecule has 0 spiro atoms. The Bertz CT molecular complexity index is 452. The molecule has 104 valence electrons. The van der Waals surface area contributed by atoms with Crippen molar-refractivity contribution in [2.45, 2.75) is 51.5 Å². The fraction of sp³-hybridized carbons (Fsp3) is 0.750. The van der Waals surface area contributed by atoms with Crippen molar-refractivity contribution in [1.29, 1.82) is 0 Å². The van der Waals surface area contributed by atoms with E-state index in [1.165, 1.54) is 49.0 Å². The molecule has 5 rings (SSSR count). The lowest BCUT2D eigenvalue weighted by Gasteiger charge is -2.58. The van der Waals surface area contributed by atoms with E-state index in [1.807, 2.05) is 0 Å². The van der Waals surface area contributed by atoms with Crippen molar-refractivity contribution in [2.75, 3.05) is 0 Å². The predicted octanol–water partition coefficient (Wildman–Crippen LogP) is 4.93. The van der Waals surface area contributed by atoms with Crippen LogP contribution < -0.4 is 5.73 Å². The van der Waals surface area contributed by atoms with E-state index >= 15 is 0 Å². The van der Waals surface area contributed by atoms with Gasteiger partial charge in [-0.05, 0) is 80.2 Å². The Hall–Kier alpha value is -0.0500. The maximum absolute atomic E-state index is 6.73. The van der Waals surface area contributed by atoms with Gasteiger partial charge in [0, 0.05) is 10.9 Å². The zero-order valence-corrected chi connectivity index (χ0v) is 13.1. The molecule has 0 radical (unpaired) electrons. The lowest BCUT2D eigenvalue weighted by Crippen LogP contribution is -2.50. The molecule has 4 bridgehead atoms. The number of thiophene rings is 1. The van der Waals surface area contributed by atoms with Gasteiger partial charge in [-0.1, -0.05) is 11.6 Å². The van der Waals surface area contributed by atoms with E-state index in [9.17, 15) is 0 Å². The Balaban J connectivity index is 1.67. The third kappa shape index (κ3) is 1.91. The van der Waals surface area contributed by atoms with Gasteiger partial charge in [-0.2, -0.15) is 0 Å². The lowest BCUT2D eigenvalue weighted by molar-refractivity contribution is -0.0672. The molecule has 1 aromatic rings. The highest BCUT2D eigenvalue weighted by Gasteiger charge is 2.53. The normalized spacial score (nSPS) is 41.7. The number of nitrogens with two attached hydrogens (primary N) is 1. The molecule has 1 atom stereocenters. The molecule has 4 fully saturated rings. The van der Waals surface area contributed by atoms with Crippen LogP contribution in [0.25, 0.3) is 0 Å². The molecule has 19 heavy (non-hydrogen) atoms. The summed E-state index contributed by atoms with van der Waals surface area (Å²) in [5.74, 6) is 2.90. The molecular weight excluding hydrogens is 274 g/mol. The van der Waals surface area contributed by atoms with Crippen LogP contribution in [0.4, 0.5) is 0 Å². The SMILES string of the molecule is Cc1cc(C(N)C23CC4CC(CC(C4)C2)C3)sc1Cl. The summed E-state index contributed by atoms with van der Waals surface area (Å²) in [5.41, 5.74) is 8.32. The Morgan fingerprint density at radius 3 is 2.16 bits per heavy atom. The summed E-state index contributed by atoms with van der Waals surface area (Å²) in [6.45, 7) is 2.09. The van der Waals surface area contributed by atoms with Crippen molar-refractivity contribution in [3.05, 3.63) is 20.8 Å². The monoisotopic (exact) mass is 295 g/mol. The first-order valence-corrected chi connectivity index (χ1v) is 8.76.